The van der Waals surface area contributed by atoms with Crippen LogP contribution in [0.25, 0.3) is 11.2 Å². The van der Waals surface area contributed by atoms with E-state index >= 15 is 0 Å². The monoisotopic (exact) mass is 482 g/mol. The van der Waals surface area contributed by atoms with Gasteiger partial charge in [-0.25, -0.2) is 9.78 Å². The molecule has 2 N–H and O–H groups in total. The average molecular weight is 483 g/mol. The van der Waals surface area contributed by atoms with Crippen LogP contribution in [0.4, 0.5) is 0 Å². The Morgan fingerprint density at radius 2 is 1.56 bits per heavy atom. The van der Waals surface area contributed by atoms with Crippen molar-refractivity contribution in [1.82, 2.24) is 29.0 Å². The first-order valence-corrected chi connectivity index (χ1v) is 11.8. The van der Waals surface area contributed by atoms with E-state index < -0.39 is 11.2 Å². The van der Waals surface area contributed by atoms with E-state index in [2.05, 4.69) is 19.9 Å². The Balaban J connectivity index is 1.22. The van der Waals surface area contributed by atoms with E-state index in [1.807, 2.05) is 80.0 Å². The molecule has 5 rings (SSSR count). The number of aryl methyl sites for hydroxylation is 1. The van der Waals surface area contributed by atoms with Gasteiger partial charge in [-0.1, -0.05) is 36.4 Å². The number of fused-ring (bicyclic) bond motifs is 1. The first-order chi connectivity index (χ1) is 17.5. The zero-order chi connectivity index (χ0) is 25.1. The van der Waals surface area contributed by atoms with Gasteiger partial charge in [-0.15, -0.1) is 0 Å². The molecule has 36 heavy (non-hydrogen) atoms. The van der Waals surface area contributed by atoms with Crippen molar-refractivity contribution in [3.05, 3.63) is 122 Å². The zero-order valence-corrected chi connectivity index (χ0v) is 19.8. The maximum Gasteiger partial charge on any atom is 0.330 e. The number of carbonyl (C=O) groups is 1. The summed E-state index contributed by atoms with van der Waals surface area (Å²) in [5.74, 6) is -0.139. The lowest BCUT2D eigenvalue weighted by atomic mass is 10.1. The van der Waals surface area contributed by atoms with Crippen molar-refractivity contribution in [1.29, 1.82) is 0 Å². The summed E-state index contributed by atoms with van der Waals surface area (Å²) >= 11 is 0. The second kappa shape index (κ2) is 9.91. The SMILES string of the molecule is CCn1cnc2c1c(=O)[nH]c(=O)n2Cc1ccc(CNC(=O)c2ccc(Cn3cccc3)cc2)cc1. The number of hydrogen-bond acceptors (Lipinski definition) is 4. The van der Waals surface area contributed by atoms with Crippen LogP contribution < -0.4 is 16.6 Å². The Morgan fingerprint density at radius 1 is 0.917 bits per heavy atom. The normalized spacial score (nSPS) is 11.1. The molecule has 2 aromatic carbocycles. The molecule has 0 aliphatic heterocycles. The average Bonchev–Trinajstić information content (AvgIpc) is 3.56. The second-order valence-corrected chi connectivity index (χ2v) is 8.60. The highest BCUT2D eigenvalue weighted by atomic mass is 16.2. The molecule has 0 radical (unpaired) electrons. The molecule has 3 heterocycles. The first-order valence-electron chi connectivity index (χ1n) is 11.8. The van der Waals surface area contributed by atoms with Crippen LogP contribution in [0.3, 0.4) is 0 Å². The quantitative estimate of drug-likeness (QED) is 0.355. The Labute approximate surface area is 206 Å². The maximum absolute atomic E-state index is 12.6. The topological polar surface area (TPSA) is 107 Å². The number of amides is 1. The lowest BCUT2D eigenvalue weighted by Crippen LogP contribution is -2.31. The Bertz CT molecular complexity index is 1610. The summed E-state index contributed by atoms with van der Waals surface area (Å²) in [4.78, 5) is 43.9. The maximum atomic E-state index is 12.6. The molecular weight excluding hydrogens is 456 g/mol. The third-order valence-corrected chi connectivity index (χ3v) is 6.16. The number of benzene rings is 2. The van der Waals surface area contributed by atoms with E-state index in [1.165, 1.54) is 4.57 Å². The largest absolute Gasteiger partial charge is 0.350 e. The summed E-state index contributed by atoms with van der Waals surface area (Å²) in [5, 5.41) is 2.95. The summed E-state index contributed by atoms with van der Waals surface area (Å²) in [6.07, 6.45) is 5.58. The lowest BCUT2D eigenvalue weighted by molar-refractivity contribution is 0.0951. The third kappa shape index (κ3) is 4.76. The molecule has 3 aromatic heterocycles. The van der Waals surface area contributed by atoms with E-state index in [9.17, 15) is 14.4 Å². The molecule has 0 bridgehead atoms. The van der Waals surface area contributed by atoms with Gasteiger partial charge in [0.05, 0.1) is 12.9 Å². The van der Waals surface area contributed by atoms with Gasteiger partial charge < -0.3 is 14.5 Å². The Hall–Kier alpha value is -4.66. The van der Waals surface area contributed by atoms with E-state index in [4.69, 9.17) is 0 Å². The molecule has 0 atom stereocenters. The van der Waals surface area contributed by atoms with Gasteiger partial charge in [-0.3, -0.25) is 19.1 Å². The smallest absolute Gasteiger partial charge is 0.330 e. The van der Waals surface area contributed by atoms with Crippen LogP contribution in [0.1, 0.15) is 34.0 Å². The van der Waals surface area contributed by atoms with Crippen molar-refractivity contribution in [3.63, 3.8) is 0 Å². The minimum atomic E-state index is -0.496. The molecule has 0 saturated carbocycles. The van der Waals surface area contributed by atoms with E-state index in [0.717, 1.165) is 23.2 Å². The molecule has 182 valence electrons. The summed E-state index contributed by atoms with van der Waals surface area (Å²) in [6.45, 7) is 3.91. The molecule has 0 unspecified atom stereocenters. The highest BCUT2D eigenvalue weighted by Crippen LogP contribution is 2.11. The standard InChI is InChI=1S/C27H26N6O3/c1-2-32-18-29-24-23(32)26(35)30-27(36)33(24)17-21-7-5-19(6-8-21)15-28-25(34)22-11-9-20(10-12-22)16-31-13-3-4-14-31/h3-14,18H,2,15-17H2,1H3,(H,28,34)(H,30,35,36). The number of H-pyrrole nitrogens is 1. The fourth-order valence-corrected chi connectivity index (χ4v) is 4.19. The lowest BCUT2D eigenvalue weighted by Gasteiger charge is -2.09. The molecule has 9 heteroatoms. The van der Waals surface area contributed by atoms with Crippen LogP contribution in [0.5, 0.6) is 0 Å². The molecule has 0 saturated heterocycles. The fourth-order valence-electron chi connectivity index (χ4n) is 4.19. The van der Waals surface area contributed by atoms with Crippen LogP contribution in [0.2, 0.25) is 0 Å². The Morgan fingerprint density at radius 3 is 2.25 bits per heavy atom. The van der Waals surface area contributed by atoms with Gasteiger partial charge in [0, 0.05) is 37.6 Å². The van der Waals surface area contributed by atoms with E-state index in [0.29, 0.717) is 29.8 Å². The third-order valence-electron chi connectivity index (χ3n) is 6.16. The van der Waals surface area contributed by atoms with Crippen LogP contribution in [-0.4, -0.2) is 29.6 Å². The number of rotatable bonds is 8. The number of carbonyl (C=O) groups excluding carboxylic acids is 1. The predicted molar refractivity (Wildman–Crippen MR) is 137 cm³/mol. The van der Waals surface area contributed by atoms with Crippen LogP contribution in [-0.2, 0) is 26.2 Å². The number of imidazole rings is 1. The predicted octanol–water partition coefficient (Wildman–Crippen LogP) is 2.73. The van der Waals surface area contributed by atoms with Gasteiger partial charge in [0.25, 0.3) is 11.5 Å². The van der Waals surface area contributed by atoms with Gasteiger partial charge in [0.1, 0.15) is 0 Å². The number of nitrogens with one attached hydrogen (secondary N) is 2. The number of aromatic amines is 1. The van der Waals surface area contributed by atoms with Crippen molar-refractivity contribution >= 4 is 17.1 Å². The molecule has 1 amide bonds. The van der Waals surface area contributed by atoms with Gasteiger partial charge in [-0.05, 0) is 47.9 Å². The second-order valence-electron chi connectivity index (χ2n) is 8.60. The van der Waals surface area contributed by atoms with Crippen LogP contribution in [0.15, 0.2) is 89.0 Å². The van der Waals surface area contributed by atoms with Gasteiger partial charge in [-0.2, -0.15) is 0 Å². The highest BCUT2D eigenvalue weighted by molar-refractivity contribution is 5.94. The van der Waals surface area contributed by atoms with Gasteiger partial charge in [0.15, 0.2) is 11.2 Å². The van der Waals surface area contributed by atoms with Crippen molar-refractivity contribution in [2.45, 2.75) is 33.1 Å². The summed E-state index contributed by atoms with van der Waals surface area (Å²) in [5.41, 5.74) is 3.36. The zero-order valence-electron chi connectivity index (χ0n) is 19.8. The summed E-state index contributed by atoms with van der Waals surface area (Å²) in [6, 6.07) is 19.2. The van der Waals surface area contributed by atoms with Gasteiger partial charge >= 0.3 is 5.69 Å². The van der Waals surface area contributed by atoms with Crippen molar-refractivity contribution < 1.29 is 4.79 Å². The fraction of sp³-hybridized carbons (Fsp3) is 0.185. The van der Waals surface area contributed by atoms with Crippen LogP contribution >= 0.6 is 0 Å². The molecule has 5 aromatic rings. The molecule has 0 aliphatic carbocycles. The molecule has 0 aliphatic rings. The van der Waals surface area contributed by atoms with Crippen molar-refractivity contribution in [2.75, 3.05) is 0 Å². The minimum absolute atomic E-state index is 0.139. The molecule has 0 fully saturated rings. The van der Waals surface area contributed by atoms with Crippen molar-refractivity contribution in [2.24, 2.45) is 0 Å². The van der Waals surface area contributed by atoms with Crippen molar-refractivity contribution in [3.8, 4) is 0 Å². The number of hydrogen-bond donors (Lipinski definition) is 2. The minimum Gasteiger partial charge on any atom is -0.350 e. The summed E-state index contributed by atoms with van der Waals surface area (Å²) < 4.78 is 5.25. The van der Waals surface area contributed by atoms with Crippen LogP contribution in [0, 0.1) is 0 Å². The van der Waals surface area contributed by atoms with E-state index in [-0.39, 0.29) is 12.5 Å². The number of nitrogens with zero attached hydrogens (tertiary/aromatic N) is 4. The highest BCUT2D eigenvalue weighted by Gasteiger charge is 2.13. The summed E-state index contributed by atoms with van der Waals surface area (Å²) in [7, 11) is 0. The van der Waals surface area contributed by atoms with E-state index in [1.54, 1.807) is 10.9 Å². The first kappa shape index (κ1) is 23.1. The molecular formula is C27H26N6O3. The number of aromatic nitrogens is 5. The molecule has 0 spiro atoms. The van der Waals surface area contributed by atoms with Gasteiger partial charge in [0.2, 0.25) is 0 Å². The molecule has 9 nitrogen and oxygen atoms in total. The Kier molecular flexibility index (Phi) is 6.36.